The van der Waals surface area contributed by atoms with Gasteiger partial charge in [-0.05, 0) is 79.8 Å². The van der Waals surface area contributed by atoms with E-state index in [1.807, 2.05) is 18.2 Å². The van der Waals surface area contributed by atoms with Crippen LogP contribution in [0.1, 0.15) is 96.1 Å². The van der Waals surface area contributed by atoms with Crippen molar-refractivity contribution < 1.29 is 4.74 Å². The smallest absolute Gasteiger partial charge is 0.118 e. The minimum Gasteiger partial charge on any atom is -0.497 e. The number of hydrogen-bond donors (Lipinski definition) is 0. The van der Waals surface area contributed by atoms with Crippen molar-refractivity contribution in [2.24, 2.45) is 23.7 Å². The van der Waals surface area contributed by atoms with E-state index in [0.717, 1.165) is 41.1 Å². The van der Waals surface area contributed by atoms with Crippen LogP contribution in [0.3, 0.4) is 0 Å². The minimum atomic E-state index is 0.664. The van der Waals surface area contributed by atoms with E-state index in [-0.39, 0.29) is 0 Å². The van der Waals surface area contributed by atoms with Crippen molar-refractivity contribution in [1.82, 2.24) is 0 Å². The second-order valence-corrected chi connectivity index (χ2v) is 10.8. The Morgan fingerprint density at radius 2 is 1.76 bits per heavy atom. The Balaban J connectivity index is 0.000000877. The zero-order valence-electron chi connectivity index (χ0n) is 24.3. The number of fused-ring (bicyclic) bond motifs is 1. The fourth-order valence-electron chi connectivity index (χ4n) is 6.40. The Kier molecular flexibility index (Phi) is 13.5. The molecule has 1 aromatic carbocycles. The highest BCUT2D eigenvalue weighted by Crippen LogP contribution is 2.53. The van der Waals surface area contributed by atoms with Gasteiger partial charge >= 0.3 is 0 Å². The molecule has 2 saturated carbocycles. The number of unbranched alkanes of at least 4 members (excludes halogenated alkanes) is 2. The molecule has 202 valence electrons. The van der Waals surface area contributed by atoms with Gasteiger partial charge in [-0.3, -0.25) is 0 Å². The summed E-state index contributed by atoms with van der Waals surface area (Å²) in [5.74, 6) is 4.36. The summed E-state index contributed by atoms with van der Waals surface area (Å²) in [6.07, 6.45) is 23.1. The molecule has 3 rings (SSSR count). The molecule has 5 atom stereocenters. The third kappa shape index (κ3) is 8.77. The van der Waals surface area contributed by atoms with Crippen LogP contribution in [0, 0.1) is 23.7 Å². The van der Waals surface area contributed by atoms with Gasteiger partial charge in [0.1, 0.15) is 5.76 Å². The molecule has 2 aliphatic carbocycles. The molecule has 1 heteroatoms. The highest BCUT2D eigenvalue weighted by molar-refractivity contribution is 5.57. The highest BCUT2D eigenvalue weighted by atomic mass is 16.5. The average molecular weight is 501 g/mol. The fourth-order valence-corrected chi connectivity index (χ4v) is 6.40. The lowest BCUT2D eigenvalue weighted by Crippen LogP contribution is -2.37. The van der Waals surface area contributed by atoms with Gasteiger partial charge in [0.25, 0.3) is 0 Å². The fraction of sp³-hybridized carbons (Fsp3) is 0.500. The predicted octanol–water partition coefficient (Wildman–Crippen LogP) is 10.8. The van der Waals surface area contributed by atoms with Gasteiger partial charge < -0.3 is 4.74 Å². The molecule has 2 fully saturated rings. The third-order valence-electron chi connectivity index (χ3n) is 8.45. The summed E-state index contributed by atoms with van der Waals surface area (Å²) in [7, 11) is 1.68. The molecule has 0 amide bonds. The van der Waals surface area contributed by atoms with Gasteiger partial charge in [0.15, 0.2) is 0 Å². The van der Waals surface area contributed by atoms with E-state index in [9.17, 15) is 0 Å². The molecule has 37 heavy (non-hydrogen) atoms. The van der Waals surface area contributed by atoms with Crippen molar-refractivity contribution in [3.05, 3.63) is 103 Å². The maximum absolute atomic E-state index is 5.28. The zero-order valence-corrected chi connectivity index (χ0v) is 24.3. The number of allylic oxidation sites excluding steroid dienone is 8. The van der Waals surface area contributed by atoms with Gasteiger partial charge in [-0.25, -0.2) is 0 Å². The van der Waals surface area contributed by atoms with Gasteiger partial charge in [-0.15, -0.1) is 0 Å². The standard InChI is InChI=1S/C31H40O.C5H12/c1-7-11-24(8-2)12-10-13-28-20-22(4)31-21-27(18-19-30(31)29(28)9-3)26-16-14-25(15-17-26)23(5)32-6;1-3-5-4-2/h7-12,14-17,22,27-28,30-31H,1-2,5,13,18-21H2,3-4,6H3;3-5H2,1-2H3/b12-10-,24-11-,29-9-;. The largest absolute Gasteiger partial charge is 0.497 e. The maximum atomic E-state index is 5.28. The summed E-state index contributed by atoms with van der Waals surface area (Å²) >= 11 is 0. The zero-order chi connectivity index (χ0) is 27.2. The second kappa shape index (κ2) is 16.3. The van der Waals surface area contributed by atoms with Crippen LogP contribution < -0.4 is 0 Å². The van der Waals surface area contributed by atoms with Crippen LogP contribution in [-0.2, 0) is 4.74 Å². The molecule has 0 bridgehead atoms. The summed E-state index contributed by atoms with van der Waals surface area (Å²) in [6, 6.07) is 8.90. The Morgan fingerprint density at radius 3 is 2.30 bits per heavy atom. The van der Waals surface area contributed by atoms with Crippen LogP contribution in [0.15, 0.2) is 91.6 Å². The number of methoxy groups -OCH3 is 1. The van der Waals surface area contributed by atoms with Crippen molar-refractivity contribution in [3.63, 3.8) is 0 Å². The highest BCUT2D eigenvalue weighted by Gasteiger charge is 2.42. The summed E-state index contributed by atoms with van der Waals surface area (Å²) in [4.78, 5) is 0. The first kappa shape index (κ1) is 30.7. The van der Waals surface area contributed by atoms with E-state index < -0.39 is 0 Å². The molecule has 1 aromatic rings. The Labute approximate surface area is 228 Å². The normalized spacial score (nSPS) is 26.7. The predicted molar refractivity (Wildman–Crippen MR) is 165 cm³/mol. The van der Waals surface area contributed by atoms with Gasteiger partial charge in [-0.1, -0.05) is 126 Å². The molecule has 0 radical (unpaired) electrons. The Hall–Kier alpha value is -2.54. The number of hydrogen-bond acceptors (Lipinski definition) is 1. The lowest BCUT2D eigenvalue weighted by atomic mass is 9.57. The minimum absolute atomic E-state index is 0.664. The topological polar surface area (TPSA) is 9.23 Å². The lowest BCUT2D eigenvalue weighted by Gasteiger charge is -2.47. The Morgan fingerprint density at radius 1 is 1.05 bits per heavy atom. The van der Waals surface area contributed by atoms with Crippen LogP contribution in [0.2, 0.25) is 0 Å². The van der Waals surface area contributed by atoms with E-state index in [2.05, 4.69) is 89.9 Å². The van der Waals surface area contributed by atoms with Crippen LogP contribution >= 0.6 is 0 Å². The third-order valence-corrected chi connectivity index (χ3v) is 8.45. The molecule has 0 spiro atoms. The Bertz CT molecular complexity index is 939. The van der Waals surface area contributed by atoms with E-state index in [1.165, 1.54) is 50.5 Å². The average Bonchev–Trinajstić information content (AvgIpc) is 2.93. The number of rotatable bonds is 10. The number of benzene rings is 1. The van der Waals surface area contributed by atoms with E-state index >= 15 is 0 Å². The van der Waals surface area contributed by atoms with Crippen molar-refractivity contribution in [2.75, 3.05) is 7.11 Å². The quantitative estimate of drug-likeness (QED) is 0.176. The van der Waals surface area contributed by atoms with Crippen LogP contribution in [0.4, 0.5) is 0 Å². The molecular formula is C36H52O. The van der Waals surface area contributed by atoms with Crippen molar-refractivity contribution in [3.8, 4) is 0 Å². The van der Waals surface area contributed by atoms with E-state index in [0.29, 0.717) is 11.8 Å². The van der Waals surface area contributed by atoms with Crippen LogP contribution in [-0.4, -0.2) is 7.11 Å². The SMILES string of the molecule is C=C/C=C(C=C)\C=C/CC1CC(C)C2CC(c3ccc(C(=C)OC)cc3)CCC2/C1=C\C.CCCCC. The monoisotopic (exact) mass is 500 g/mol. The molecule has 0 aliphatic heterocycles. The van der Waals surface area contributed by atoms with Crippen molar-refractivity contribution in [2.45, 2.75) is 85.0 Å². The molecular weight excluding hydrogens is 448 g/mol. The van der Waals surface area contributed by atoms with Crippen LogP contribution in [0.5, 0.6) is 0 Å². The van der Waals surface area contributed by atoms with Gasteiger partial charge in [0.2, 0.25) is 0 Å². The number of ether oxygens (including phenoxy) is 1. The molecule has 0 heterocycles. The van der Waals surface area contributed by atoms with Gasteiger partial charge in [0, 0.05) is 5.56 Å². The maximum Gasteiger partial charge on any atom is 0.118 e. The summed E-state index contributed by atoms with van der Waals surface area (Å²) in [5.41, 5.74) is 5.38. The first-order valence-corrected chi connectivity index (χ1v) is 14.5. The first-order chi connectivity index (χ1) is 17.9. The lowest BCUT2D eigenvalue weighted by molar-refractivity contribution is 0.118. The first-order valence-electron chi connectivity index (χ1n) is 14.5. The molecule has 2 aliphatic rings. The summed E-state index contributed by atoms with van der Waals surface area (Å²) < 4.78 is 5.28. The molecule has 0 aromatic heterocycles. The molecule has 0 saturated heterocycles. The molecule has 1 nitrogen and oxygen atoms in total. The summed E-state index contributed by atoms with van der Waals surface area (Å²) in [6.45, 7) is 20.8. The van der Waals surface area contributed by atoms with Gasteiger partial charge in [-0.2, -0.15) is 0 Å². The molecule has 5 unspecified atom stereocenters. The van der Waals surface area contributed by atoms with Crippen molar-refractivity contribution >= 4 is 5.76 Å². The second-order valence-electron chi connectivity index (χ2n) is 10.8. The van der Waals surface area contributed by atoms with Crippen LogP contribution in [0.25, 0.3) is 5.76 Å². The van der Waals surface area contributed by atoms with E-state index in [1.54, 1.807) is 12.7 Å². The van der Waals surface area contributed by atoms with E-state index in [4.69, 9.17) is 4.74 Å². The molecule has 0 N–H and O–H groups in total. The summed E-state index contributed by atoms with van der Waals surface area (Å²) in [5, 5.41) is 0. The van der Waals surface area contributed by atoms with Gasteiger partial charge in [0.05, 0.1) is 7.11 Å². The van der Waals surface area contributed by atoms with Crippen molar-refractivity contribution in [1.29, 1.82) is 0 Å².